The lowest BCUT2D eigenvalue weighted by Crippen LogP contribution is -2.18. The highest BCUT2D eigenvalue weighted by molar-refractivity contribution is 9.10. The van der Waals surface area contributed by atoms with E-state index < -0.39 is 0 Å². The van der Waals surface area contributed by atoms with Gasteiger partial charge in [0.05, 0.1) is 28.7 Å². The van der Waals surface area contributed by atoms with E-state index in [1.54, 1.807) is 10.9 Å². The second-order valence-electron chi connectivity index (χ2n) is 5.89. The van der Waals surface area contributed by atoms with Gasteiger partial charge in [0.15, 0.2) is 0 Å². The maximum Gasteiger partial charge on any atom is 0.280 e. The summed E-state index contributed by atoms with van der Waals surface area (Å²) < 4.78 is 11.0. The van der Waals surface area contributed by atoms with Crippen molar-refractivity contribution in [2.75, 3.05) is 0 Å². The topological polar surface area (TPSA) is 75.9 Å². The first kappa shape index (κ1) is 16.9. The van der Waals surface area contributed by atoms with Crippen LogP contribution in [0, 0.1) is 13.8 Å². The number of hydrogen-bond acceptors (Lipinski definition) is 5. The summed E-state index contributed by atoms with van der Waals surface area (Å²) in [5, 5.41) is 3.13. The monoisotopic (exact) mass is 427 g/mol. The maximum atomic E-state index is 12.9. The minimum absolute atomic E-state index is 0.139. The fourth-order valence-electron chi connectivity index (χ4n) is 2.78. The third-order valence-electron chi connectivity index (χ3n) is 4.11. The second-order valence-corrected chi connectivity index (χ2v) is 7.33. The van der Waals surface area contributed by atoms with Gasteiger partial charge in [-0.1, -0.05) is 22.0 Å². The van der Waals surface area contributed by atoms with Crippen molar-refractivity contribution in [1.82, 2.24) is 18.5 Å². The average molecular weight is 428 g/mol. The van der Waals surface area contributed by atoms with Gasteiger partial charge in [-0.25, -0.2) is 4.68 Å². The van der Waals surface area contributed by atoms with Crippen LogP contribution in [0.5, 0.6) is 0 Å². The van der Waals surface area contributed by atoms with Crippen molar-refractivity contribution in [3.63, 3.8) is 0 Å². The van der Waals surface area contributed by atoms with Gasteiger partial charge in [-0.3, -0.25) is 14.9 Å². The van der Waals surface area contributed by atoms with Crippen molar-refractivity contribution in [2.24, 2.45) is 4.99 Å². The lowest BCUT2D eigenvalue weighted by atomic mass is 10.2. The van der Waals surface area contributed by atoms with E-state index in [1.165, 1.54) is 0 Å². The summed E-state index contributed by atoms with van der Waals surface area (Å²) in [6, 6.07) is 11.4. The molecule has 26 heavy (non-hydrogen) atoms. The summed E-state index contributed by atoms with van der Waals surface area (Å²) in [7, 11) is 0. The Morgan fingerprint density at radius 2 is 2.08 bits per heavy atom. The van der Waals surface area contributed by atoms with Gasteiger partial charge in [-0.15, -0.1) is 0 Å². The Morgan fingerprint density at radius 3 is 2.88 bits per heavy atom. The van der Waals surface area contributed by atoms with E-state index in [2.05, 4.69) is 34.8 Å². The van der Waals surface area contributed by atoms with Crippen molar-refractivity contribution in [3.05, 3.63) is 68.0 Å². The average Bonchev–Trinajstić information content (AvgIpc) is 3.19. The third-order valence-corrected chi connectivity index (χ3v) is 5.15. The molecule has 0 aliphatic rings. The van der Waals surface area contributed by atoms with Gasteiger partial charge < -0.3 is 0 Å². The predicted octanol–water partition coefficient (Wildman–Crippen LogP) is 4.30. The molecule has 8 heteroatoms. The van der Waals surface area contributed by atoms with Crippen LogP contribution in [0.2, 0.25) is 0 Å². The molecular formula is C18H14BrN5OS. The SMILES string of the molecule is Cc1cc(Br)ccc1-n1[nH]c(C)c(C=Nc2cccc3nsnc23)c1=O. The van der Waals surface area contributed by atoms with Crippen LogP contribution in [0.1, 0.15) is 16.8 Å². The molecule has 0 atom stereocenters. The molecule has 0 aliphatic carbocycles. The number of benzene rings is 2. The van der Waals surface area contributed by atoms with Gasteiger partial charge in [0.2, 0.25) is 0 Å². The molecule has 6 nitrogen and oxygen atoms in total. The summed E-state index contributed by atoms with van der Waals surface area (Å²) in [6.07, 6.45) is 1.59. The van der Waals surface area contributed by atoms with Gasteiger partial charge in [0.25, 0.3) is 5.56 Å². The summed E-state index contributed by atoms with van der Waals surface area (Å²) in [5.41, 5.74) is 5.18. The van der Waals surface area contributed by atoms with E-state index in [9.17, 15) is 4.79 Å². The molecule has 0 bridgehead atoms. The number of hydrogen-bond donors (Lipinski definition) is 1. The van der Waals surface area contributed by atoms with Crippen LogP contribution in [0.15, 0.2) is 50.7 Å². The molecule has 4 aromatic rings. The Kier molecular flexibility index (Phi) is 4.29. The summed E-state index contributed by atoms with van der Waals surface area (Å²) in [4.78, 5) is 17.3. The van der Waals surface area contributed by atoms with Crippen LogP contribution in [0.4, 0.5) is 5.69 Å². The Labute approximate surface area is 161 Å². The quantitative estimate of drug-likeness (QED) is 0.495. The summed E-state index contributed by atoms with van der Waals surface area (Å²) in [6.45, 7) is 3.82. The van der Waals surface area contributed by atoms with Crippen LogP contribution < -0.4 is 5.56 Å². The van der Waals surface area contributed by atoms with E-state index in [0.717, 1.165) is 44.2 Å². The molecule has 1 N–H and O–H groups in total. The predicted molar refractivity (Wildman–Crippen MR) is 108 cm³/mol. The van der Waals surface area contributed by atoms with Crippen LogP contribution in [0.3, 0.4) is 0 Å². The molecule has 0 saturated carbocycles. The Hall–Kier alpha value is -2.58. The van der Waals surface area contributed by atoms with Gasteiger partial charge in [-0.2, -0.15) is 8.75 Å². The minimum atomic E-state index is -0.139. The number of aromatic nitrogens is 4. The number of aliphatic imine (C=N–C) groups is 1. The number of fused-ring (bicyclic) bond motifs is 1. The molecule has 4 rings (SSSR count). The van der Waals surface area contributed by atoms with E-state index in [-0.39, 0.29) is 5.56 Å². The van der Waals surface area contributed by atoms with Crippen molar-refractivity contribution in [3.8, 4) is 5.69 Å². The van der Waals surface area contributed by atoms with Gasteiger partial charge in [-0.05, 0) is 49.7 Å². The van der Waals surface area contributed by atoms with Gasteiger partial charge in [0, 0.05) is 16.4 Å². The number of aromatic amines is 1. The molecular weight excluding hydrogens is 414 g/mol. The zero-order valence-electron chi connectivity index (χ0n) is 14.0. The van der Waals surface area contributed by atoms with Crippen LogP contribution in [-0.2, 0) is 0 Å². The van der Waals surface area contributed by atoms with E-state index in [0.29, 0.717) is 11.3 Å². The minimum Gasteiger partial charge on any atom is -0.295 e. The molecule has 0 fully saturated rings. The molecule has 2 heterocycles. The molecule has 0 amide bonds. The number of nitrogens with one attached hydrogen (secondary N) is 1. The van der Waals surface area contributed by atoms with Crippen LogP contribution in [0.25, 0.3) is 16.7 Å². The molecule has 130 valence electrons. The largest absolute Gasteiger partial charge is 0.295 e. The lowest BCUT2D eigenvalue weighted by Gasteiger charge is -2.06. The second kappa shape index (κ2) is 6.62. The molecule has 2 aromatic carbocycles. The van der Waals surface area contributed by atoms with Gasteiger partial charge in [0.1, 0.15) is 11.0 Å². The van der Waals surface area contributed by atoms with E-state index in [4.69, 9.17) is 0 Å². The molecule has 0 aliphatic heterocycles. The number of rotatable bonds is 3. The summed E-state index contributed by atoms with van der Waals surface area (Å²) >= 11 is 4.59. The Morgan fingerprint density at radius 1 is 1.23 bits per heavy atom. The van der Waals surface area contributed by atoms with Crippen molar-refractivity contribution < 1.29 is 0 Å². The zero-order valence-corrected chi connectivity index (χ0v) is 16.4. The van der Waals surface area contributed by atoms with Gasteiger partial charge >= 0.3 is 0 Å². The number of aryl methyl sites for hydroxylation is 2. The lowest BCUT2D eigenvalue weighted by molar-refractivity contribution is 0.828. The smallest absolute Gasteiger partial charge is 0.280 e. The first-order valence-electron chi connectivity index (χ1n) is 7.88. The number of H-pyrrole nitrogens is 1. The van der Waals surface area contributed by atoms with Crippen molar-refractivity contribution in [2.45, 2.75) is 13.8 Å². The summed E-state index contributed by atoms with van der Waals surface area (Å²) in [5.74, 6) is 0. The number of halogens is 1. The highest BCUT2D eigenvalue weighted by atomic mass is 79.9. The molecule has 0 saturated heterocycles. The van der Waals surface area contributed by atoms with Crippen molar-refractivity contribution in [1.29, 1.82) is 0 Å². The Balaban J connectivity index is 1.78. The molecule has 2 aromatic heterocycles. The molecule has 0 spiro atoms. The first-order chi connectivity index (χ1) is 12.5. The van der Waals surface area contributed by atoms with Crippen LogP contribution in [-0.4, -0.2) is 24.7 Å². The molecule has 0 radical (unpaired) electrons. The van der Waals surface area contributed by atoms with Crippen molar-refractivity contribution >= 4 is 50.6 Å². The standard InChI is InChI=1S/C18H14BrN5OS/c1-10-8-12(19)6-7-16(10)24-18(25)13(11(2)21-24)9-20-14-4-3-5-15-17(14)23-26-22-15/h3-9,21H,1-2H3. The first-order valence-corrected chi connectivity index (χ1v) is 9.40. The zero-order chi connectivity index (χ0) is 18.3. The van der Waals surface area contributed by atoms with E-state index >= 15 is 0 Å². The highest BCUT2D eigenvalue weighted by Gasteiger charge is 2.13. The fraction of sp³-hybridized carbons (Fsp3) is 0.111. The fourth-order valence-corrected chi connectivity index (χ4v) is 3.80. The van der Waals surface area contributed by atoms with E-state index in [1.807, 2.05) is 50.2 Å². The third kappa shape index (κ3) is 2.91. The highest BCUT2D eigenvalue weighted by Crippen LogP contribution is 2.24. The maximum absolute atomic E-state index is 12.9. The van der Waals surface area contributed by atoms with Crippen LogP contribution >= 0.6 is 27.7 Å². The molecule has 0 unspecified atom stereocenters. The Bertz CT molecular complexity index is 1200. The number of nitrogens with zero attached hydrogens (tertiary/aromatic N) is 4. The normalized spacial score (nSPS) is 11.7.